The Labute approximate surface area is 194 Å². The Morgan fingerprint density at radius 1 is 1.03 bits per heavy atom. The molecule has 4 heterocycles. The summed E-state index contributed by atoms with van der Waals surface area (Å²) in [6.07, 6.45) is 7.19. The predicted molar refractivity (Wildman–Crippen MR) is 118 cm³/mol. The molecule has 2 aliphatic heterocycles. The fourth-order valence-electron chi connectivity index (χ4n) is 5.94. The molecule has 0 amide bonds. The molecule has 33 heavy (non-hydrogen) atoms. The lowest BCUT2D eigenvalue weighted by Gasteiger charge is -2.59. The largest absolute Gasteiger partial charge is 0.354 e. The van der Waals surface area contributed by atoms with Crippen molar-refractivity contribution >= 4 is 17.4 Å². The average Bonchev–Trinajstić information content (AvgIpc) is 3.25. The van der Waals surface area contributed by atoms with Crippen LogP contribution in [-0.4, -0.2) is 54.7 Å². The fraction of sp³-hybridized carbons (Fsp3) is 0.478. The highest BCUT2D eigenvalue weighted by Crippen LogP contribution is 2.56. The summed E-state index contributed by atoms with van der Waals surface area (Å²) >= 11 is 6.28. The van der Waals surface area contributed by atoms with Crippen LogP contribution in [0.2, 0.25) is 5.02 Å². The van der Waals surface area contributed by atoms with Crippen LogP contribution >= 0.6 is 11.6 Å². The zero-order valence-electron chi connectivity index (χ0n) is 17.8. The highest BCUT2D eigenvalue weighted by molar-refractivity contribution is 6.30. The van der Waals surface area contributed by atoms with E-state index in [9.17, 15) is 8.78 Å². The van der Waals surface area contributed by atoms with Crippen molar-refractivity contribution in [2.24, 2.45) is 5.41 Å². The Hall–Kier alpha value is -2.65. The minimum Gasteiger partial charge on any atom is -0.354 e. The Morgan fingerprint density at radius 2 is 1.85 bits per heavy atom. The first kappa shape index (κ1) is 19.8. The monoisotopic (exact) mass is 469 g/mol. The number of benzene rings is 1. The summed E-state index contributed by atoms with van der Waals surface area (Å²) in [4.78, 5) is 12.6. The zero-order valence-corrected chi connectivity index (χ0v) is 18.6. The summed E-state index contributed by atoms with van der Waals surface area (Å²) in [6, 6.07) is 4.96. The van der Waals surface area contributed by atoms with Crippen LogP contribution in [0.25, 0.3) is 5.69 Å². The van der Waals surface area contributed by atoms with Gasteiger partial charge in [-0.25, -0.2) is 13.8 Å². The van der Waals surface area contributed by atoms with Gasteiger partial charge in [-0.05, 0) is 36.6 Å². The van der Waals surface area contributed by atoms with Gasteiger partial charge in [0, 0.05) is 54.8 Å². The van der Waals surface area contributed by atoms with Crippen LogP contribution in [0.3, 0.4) is 0 Å². The van der Waals surface area contributed by atoms with Gasteiger partial charge in [0.25, 0.3) is 5.92 Å². The van der Waals surface area contributed by atoms with Crippen LogP contribution in [0.4, 0.5) is 14.6 Å². The van der Waals surface area contributed by atoms with E-state index in [1.54, 1.807) is 18.6 Å². The predicted octanol–water partition coefficient (Wildman–Crippen LogP) is 3.82. The molecule has 0 bridgehead atoms. The third-order valence-corrected chi connectivity index (χ3v) is 7.87. The number of halogens is 3. The van der Waals surface area contributed by atoms with E-state index < -0.39 is 12.0 Å². The average molecular weight is 470 g/mol. The van der Waals surface area contributed by atoms with Crippen LogP contribution in [0.5, 0.6) is 0 Å². The number of aromatic nitrogens is 5. The van der Waals surface area contributed by atoms with E-state index in [1.807, 2.05) is 23.1 Å². The van der Waals surface area contributed by atoms with Gasteiger partial charge in [0.15, 0.2) is 5.82 Å². The maximum absolute atomic E-state index is 13.9. The number of anilines is 1. The zero-order chi connectivity index (χ0) is 22.4. The molecule has 2 aliphatic carbocycles. The molecule has 1 atom stereocenters. The minimum absolute atomic E-state index is 0.0999. The molecular weight excluding hydrogens is 448 g/mol. The molecule has 2 aromatic heterocycles. The number of hydrogen-bond acceptors (Lipinski definition) is 6. The maximum Gasteiger partial charge on any atom is 0.265 e. The lowest BCUT2D eigenvalue weighted by Crippen LogP contribution is -2.62. The third kappa shape index (κ3) is 3.09. The van der Waals surface area contributed by atoms with Crippen LogP contribution in [0.1, 0.15) is 42.4 Å². The molecule has 3 aromatic rings. The van der Waals surface area contributed by atoms with Crippen molar-refractivity contribution in [3.8, 4) is 5.69 Å². The second-order valence-corrected chi connectivity index (χ2v) is 10.4. The Bertz CT molecular complexity index is 1230. The first-order valence-electron chi connectivity index (χ1n) is 11.3. The fourth-order valence-corrected chi connectivity index (χ4v) is 6.13. The molecule has 170 valence electrons. The number of nitrogens with zero attached hydrogens (tertiary/aromatic N) is 7. The van der Waals surface area contributed by atoms with Crippen molar-refractivity contribution in [2.75, 3.05) is 18.0 Å². The van der Waals surface area contributed by atoms with E-state index in [4.69, 9.17) is 11.6 Å². The van der Waals surface area contributed by atoms with Crippen molar-refractivity contribution in [3.63, 3.8) is 0 Å². The highest BCUT2D eigenvalue weighted by atomic mass is 35.5. The number of hydrogen-bond donors (Lipinski definition) is 0. The summed E-state index contributed by atoms with van der Waals surface area (Å²) in [5.41, 5.74) is 2.18. The van der Waals surface area contributed by atoms with Crippen LogP contribution in [0.15, 0.2) is 36.8 Å². The normalized spacial score (nSPS) is 25.1. The summed E-state index contributed by atoms with van der Waals surface area (Å²) in [7, 11) is 0. The standard InChI is InChI=1S/C23H22ClF2N7/c24-16-1-2-17-14(5-16)10-31(18-8-23(18,25)26)11-20-29-30-21(33(17)20)15-6-22(7-15)12-32(13-22)19-9-27-3-4-28-19/h1-5,9,15,18H,6-8,10-13H2. The molecule has 2 saturated carbocycles. The van der Waals surface area contributed by atoms with Crippen molar-refractivity contribution in [1.82, 2.24) is 29.6 Å². The van der Waals surface area contributed by atoms with Gasteiger partial charge >= 0.3 is 0 Å². The first-order chi connectivity index (χ1) is 15.9. The summed E-state index contributed by atoms with van der Waals surface area (Å²) in [5, 5.41) is 9.64. The molecule has 1 aromatic carbocycles. The van der Waals surface area contributed by atoms with E-state index in [0.717, 1.165) is 54.6 Å². The molecule has 10 heteroatoms. The highest BCUT2D eigenvalue weighted by Gasteiger charge is 2.60. The Kier molecular flexibility index (Phi) is 4.02. The summed E-state index contributed by atoms with van der Waals surface area (Å²) in [5.74, 6) is 0.251. The molecule has 3 fully saturated rings. The van der Waals surface area contributed by atoms with Gasteiger partial charge in [-0.1, -0.05) is 11.6 Å². The molecule has 1 unspecified atom stereocenters. The summed E-state index contributed by atoms with van der Waals surface area (Å²) in [6.45, 7) is 2.73. The Balaban J connectivity index is 1.16. The van der Waals surface area contributed by atoms with Crippen molar-refractivity contribution in [3.05, 3.63) is 59.0 Å². The lowest BCUT2D eigenvalue weighted by atomic mass is 9.57. The molecule has 1 spiro atoms. The second-order valence-electron chi connectivity index (χ2n) is 9.99. The second kappa shape index (κ2) is 6.70. The van der Waals surface area contributed by atoms with Gasteiger partial charge < -0.3 is 4.90 Å². The van der Waals surface area contributed by atoms with Gasteiger partial charge in [-0.15, -0.1) is 10.2 Å². The molecule has 0 radical (unpaired) electrons. The topological polar surface area (TPSA) is 63.0 Å². The molecule has 4 aliphatic rings. The van der Waals surface area contributed by atoms with Crippen LogP contribution < -0.4 is 4.90 Å². The molecule has 0 N–H and O–H groups in total. The number of rotatable bonds is 3. The van der Waals surface area contributed by atoms with E-state index in [2.05, 4.69) is 29.6 Å². The number of alkyl halides is 2. The van der Waals surface area contributed by atoms with E-state index in [1.165, 1.54) is 0 Å². The van der Waals surface area contributed by atoms with Crippen molar-refractivity contribution in [2.45, 2.75) is 50.2 Å². The lowest BCUT2D eigenvalue weighted by molar-refractivity contribution is 0.0579. The van der Waals surface area contributed by atoms with E-state index >= 15 is 0 Å². The number of fused-ring (bicyclic) bond motifs is 3. The van der Waals surface area contributed by atoms with E-state index in [0.29, 0.717) is 24.0 Å². The molecule has 1 saturated heterocycles. The maximum atomic E-state index is 13.9. The smallest absolute Gasteiger partial charge is 0.265 e. The first-order valence-corrected chi connectivity index (χ1v) is 11.6. The van der Waals surface area contributed by atoms with Crippen molar-refractivity contribution < 1.29 is 8.78 Å². The quantitative estimate of drug-likeness (QED) is 0.581. The third-order valence-electron chi connectivity index (χ3n) is 7.64. The minimum atomic E-state index is -2.63. The van der Waals surface area contributed by atoms with Crippen LogP contribution in [-0.2, 0) is 13.1 Å². The summed E-state index contributed by atoms with van der Waals surface area (Å²) < 4.78 is 29.9. The molecular formula is C23H22ClF2N7. The molecule has 7 nitrogen and oxygen atoms in total. The van der Waals surface area contributed by atoms with Gasteiger partial charge in [0.2, 0.25) is 0 Å². The van der Waals surface area contributed by atoms with Crippen molar-refractivity contribution in [1.29, 1.82) is 0 Å². The van der Waals surface area contributed by atoms with Crippen LogP contribution in [0, 0.1) is 5.41 Å². The van der Waals surface area contributed by atoms with Gasteiger partial charge in [0.05, 0.1) is 24.5 Å². The van der Waals surface area contributed by atoms with Gasteiger partial charge in [0.1, 0.15) is 11.6 Å². The van der Waals surface area contributed by atoms with Gasteiger partial charge in [-0.3, -0.25) is 14.5 Å². The Morgan fingerprint density at radius 3 is 2.58 bits per heavy atom. The van der Waals surface area contributed by atoms with E-state index in [-0.39, 0.29) is 11.8 Å². The SMILES string of the molecule is FC1(F)CC1N1Cc2cc(Cl)ccc2-n2c(nnc2C2CC3(C2)CN(c2cnccn2)C3)C1. The van der Waals surface area contributed by atoms with Gasteiger partial charge in [-0.2, -0.15) is 0 Å². The molecule has 7 rings (SSSR count).